The van der Waals surface area contributed by atoms with Gasteiger partial charge in [-0.05, 0) is 116 Å². The number of esters is 3. The Kier molecular flexibility index (Phi) is 50.9. The maximum atomic E-state index is 12.8. The molecule has 1 atom stereocenters. The lowest BCUT2D eigenvalue weighted by molar-refractivity contribution is -0.167. The summed E-state index contributed by atoms with van der Waals surface area (Å²) < 4.78 is 16.8. The zero-order chi connectivity index (χ0) is 47.9. The minimum Gasteiger partial charge on any atom is -0.462 e. The molecule has 0 aliphatic rings. The van der Waals surface area contributed by atoms with Crippen LogP contribution < -0.4 is 0 Å². The molecule has 6 heteroatoms. The average molecular weight is 917 g/mol. The van der Waals surface area contributed by atoms with E-state index in [1.165, 1.54) is 83.5 Å². The van der Waals surface area contributed by atoms with Gasteiger partial charge < -0.3 is 14.2 Å². The molecule has 1 unspecified atom stereocenters. The minimum atomic E-state index is -0.804. The zero-order valence-corrected chi connectivity index (χ0v) is 42.9. The molecule has 0 rings (SSSR count). The first-order valence-corrected chi connectivity index (χ1v) is 27.3. The lowest BCUT2D eigenvalue weighted by atomic mass is 10.1. The van der Waals surface area contributed by atoms with E-state index < -0.39 is 6.10 Å². The molecule has 0 aromatic carbocycles. The number of allylic oxidation sites excluding steroid dienone is 16. The second-order valence-electron chi connectivity index (χ2n) is 17.8. The van der Waals surface area contributed by atoms with Crippen LogP contribution in [0.5, 0.6) is 0 Å². The van der Waals surface area contributed by atoms with Gasteiger partial charge in [-0.2, -0.15) is 0 Å². The normalized spacial score (nSPS) is 12.8. The monoisotopic (exact) mass is 917 g/mol. The zero-order valence-electron chi connectivity index (χ0n) is 42.9. The predicted molar refractivity (Wildman–Crippen MR) is 284 cm³/mol. The van der Waals surface area contributed by atoms with Crippen molar-refractivity contribution in [1.29, 1.82) is 0 Å². The number of carbonyl (C=O) groups excluding carboxylic acids is 3. The molecule has 0 N–H and O–H groups in total. The molecule has 66 heavy (non-hydrogen) atoms. The van der Waals surface area contributed by atoms with Gasteiger partial charge in [0.15, 0.2) is 6.10 Å². The summed E-state index contributed by atoms with van der Waals surface area (Å²) in [6, 6.07) is 0. The van der Waals surface area contributed by atoms with Gasteiger partial charge in [0, 0.05) is 19.3 Å². The van der Waals surface area contributed by atoms with Crippen molar-refractivity contribution in [2.24, 2.45) is 0 Å². The van der Waals surface area contributed by atoms with Crippen molar-refractivity contribution in [2.45, 2.75) is 252 Å². The summed E-state index contributed by atoms with van der Waals surface area (Å²) in [6.45, 7) is 6.44. The second kappa shape index (κ2) is 53.9. The van der Waals surface area contributed by atoms with E-state index in [0.29, 0.717) is 19.3 Å². The molecule has 0 aliphatic heterocycles. The van der Waals surface area contributed by atoms with Crippen molar-refractivity contribution in [3.63, 3.8) is 0 Å². The van der Waals surface area contributed by atoms with E-state index >= 15 is 0 Å². The first kappa shape index (κ1) is 62.3. The first-order chi connectivity index (χ1) is 32.5. The van der Waals surface area contributed by atoms with Crippen LogP contribution in [0.4, 0.5) is 0 Å². The third-order valence-corrected chi connectivity index (χ3v) is 11.3. The highest BCUT2D eigenvalue weighted by atomic mass is 16.6. The van der Waals surface area contributed by atoms with Gasteiger partial charge >= 0.3 is 17.9 Å². The van der Waals surface area contributed by atoms with E-state index in [1.807, 2.05) is 0 Å². The van der Waals surface area contributed by atoms with Crippen LogP contribution in [0.3, 0.4) is 0 Å². The third kappa shape index (κ3) is 51.3. The molecule has 0 saturated heterocycles. The van der Waals surface area contributed by atoms with Gasteiger partial charge in [-0.3, -0.25) is 14.4 Å². The van der Waals surface area contributed by atoms with Crippen LogP contribution in [-0.4, -0.2) is 37.2 Å². The maximum Gasteiger partial charge on any atom is 0.306 e. The van der Waals surface area contributed by atoms with Crippen molar-refractivity contribution in [3.05, 3.63) is 97.2 Å². The highest BCUT2D eigenvalue weighted by molar-refractivity contribution is 5.71. The highest BCUT2D eigenvalue weighted by Crippen LogP contribution is 2.13. The predicted octanol–water partition coefficient (Wildman–Crippen LogP) is 18.1. The summed E-state index contributed by atoms with van der Waals surface area (Å²) in [5.41, 5.74) is 0. The van der Waals surface area contributed by atoms with E-state index in [4.69, 9.17) is 14.2 Å². The molecule has 6 nitrogen and oxygen atoms in total. The van der Waals surface area contributed by atoms with Crippen LogP contribution in [-0.2, 0) is 28.6 Å². The molecule has 0 amide bonds. The van der Waals surface area contributed by atoms with Crippen molar-refractivity contribution in [2.75, 3.05) is 13.2 Å². The molecule has 0 aromatic rings. The maximum absolute atomic E-state index is 12.8. The smallest absolute Gasteiger partial charge is 0.306 e. The highest BCUT2D eigenvalue weighted by Gasteiger charge is 2.19. The van der Waals surface area contributed by atoms with Gasteiger partial charge in [0.2, 0.25) is 0 Å². The van der Waals surface area contributed by atoms with Crippen molar-refractivity contribution >= 4 is 17.9 Å². The van der Waals surface area contributed by atoms with Gasteiger partial charge in [-0.1, -0.05) is 208 Å². The van der Waals surface area contributed by atoms with E-state index in [0.717, 1.165) is 122 Å². The molecular formula is C60H100O6. The topological polar surface area (TPSA) is 78.9 Å². The number of rotatable bonds is 48. The van der Waals surface area contributed by atoms with Crippen LogP contribution in [0.1, 0.15) is 245 Å². The third-order valence-electron chi connectivity index (χ3n) is 11.3. The molecule has 0 fully saturated rings. The lowest BCUT2D eigenvalue weighted by Gasteiger charge is -2.18. The van der Waals surface area contributed by atoms with Gasteiger partial charge in [0.1, 0.15) is 13.2 Å². The van der Waals surface area contributed by atoms with Crippen LogP contribution >= 0.6 is 0 Å². The van der Waals surface area contributed by atoms with Crippen LogP contribution in [0.2, 0.25) is 0 Å². The minimum absolute atomic E-state index is 0.102. The Labute approximate surface area is 407 Å². The number of carbonyl (C=O) groups is 3. The quantitative estimate of drug-likeness (QED) is 0.0199. The van der Waals surface area contributed by atoms with Gasteiger partial charge in [0.05, 0.1) is 0 Å². The Morgan fingerprint density at radius 1 is 0.333 bits per heavy atom. The average Bonchev–Trinajstić information content (AvgIpc) is 3.31. The Hall–Kier alpha value is -3.67. The molecule has 0 radical (unpaired) electrons. The van der Waals surface area contributed by atoms with Crippen molar-refractivity contribution < 1.29 is 28.6 Å². The van der Waals surface area contributed by atoms with E-state index in [9.17, 15) is 14.4 Å². The van der Waals surface area contributed by atoms with Gasteiger partial charge in [-0.15, -0.1) is 0 Å². The SMILES string of the molecule is CC/C=C\C/C=C\C/C=C\C/C=C\C/C=C\CCCCCC(=O)OCC(COC(=O)CCCCC/C=C\CCCCCCCCC)OC(=O)CCCCCCCC/C=C\C=C/CCCCC. The molecule has 0 saturated carbocycles. The summed E-state index contributed by atoms with van der Waals surface area (Å²) in [6.07, 6.45) is 71.0. The first-order valence-electron chi connectivity index (χ1n) is 27.3. The number of hydrogen-bond acceptors (Lipinski definition) is 6. The Bertz CT molecular complexity index is 1330. The fourth-order valence-corrected chi connectivity index (χ4v) is 7.22. The van der Waals surface area contributed by atoms with Crippen molar-refractivity contribution in [3.8, 4) is 0 Å². The Morgan fingerprint density at radius 2 is 0.636 bits per heavy atom. The van der Waals surface area contributed by atoms with Gasteiger partial charge in [-0.25, -0.2) is 0 Å². The summed E-state index contributed by atoms with van der Waals surface area (Å²) >= 11 is 0. The second-order valence-corrected chi connectivity index (χ2v) is 17.8. The summed E-state index contributed by atoms with van der Waals surface area (Å²) in [7, 11) is 0. The largest absolute Gasteiger partial charge is 0.462 e. The summed E-state index contributed by atoms with van der Waals surface area (Å²) in [5, 5.41) is 0. The Morgan fingerprint density at radius 3 is 1.08 bits per heavy atom. The molecule has 0 aromatic heterocycles. The lowest BCUT2D eigenvalue weighted by Crippen LogP contribution is -2.30. The van der Waals surface area contributed by atoms with E-state index in [-0.39, 0.29) is 31.1 Å². The number of unbranched alkanes of at least 4 members (excludes halogenated alkanes) is 22. The molecular weight excluding hydrogens is 817 g/mol. The van der Waals surface area contributed by atoms with Crippen LogP contribution in [0, 0.1) is 0 Å². The van der Waals surface area contributed by atoms with E-state index in [2.05, 4.69) is 118 Å². The molecule has 0 heterocycles. The standard InChI is InChI=1S/C60H100O6/c1-4-7-10-13-16-19-22-25-28-29-30-31-33-35-38-41-44-47-50-53-59(62)65-56-57(55-64-58(61)52-49-46-43-40-37-34-27-24-21-18-15-12-9-6-3)66-60(63)54-51-48-45-42-39-36-32-26-23-20-17-14-11-8-5-2/h7,10,16-17,19-20,23,25-26,28,30-31,34-35,37-38,57H,4-6,8-9,11-15,18,21-22,24,27,29,32-33,36,39-56H2,1-3H3/b10-7-,19-16-,20-17-,26-23-,28-25-,31-30-,37-34-,38-35-. The fraction of sp³-hybridized carbons (Fsp3) is 0.683. The van der Waals surface area contributed by atoms with E-state index in [1.54, 1.807) is 0 Å². The van der Waals surface area contributed by atoms with Crippen molar-refractivity contribution in [1.82, 2.24) is 0 Å². The molecule has 0 bridgehead atoms. The summed E-state index contributed by atoms with van der Waals surface area (Å²) in [5.74, 6) is -0.961. The van der Waals surface area contributed by atoms with Crippen LogP contribution in [0.15, 0.2) is 97.2 Å². The molecule has 0 aliphatic carbocycles. The van der Waals surface area contributed by atoms with Gasteiger partial charge in [0.25, 0.3) is 0 Å². The Balaban J connectivity index is 4.49. The number of ether oxygens (including phenoxy) is 3. The molecule has 376 valence electrons. The summed E-state index contributed by atoms with van der Waals surface area (Å²) in [4.78, 5) is 38.1. The van der Waals surface area contributed by atoms with Crippen LogP contribution in [0.25, 0.3) is 0 Å². The number of hydrogen-bond donors (Lipinski definition) is 0. The molecule has 0 spiro atoms. The fourth-order valence-electron chi connectivity index (χ4n) is 7.22.